The maximum atomic E-state index is 5.38. The van der Waals surface area contributed by atoms with Gasteiger partial charge in [-0.3, -0.25) is 0 Å². The van der Waals surface area contributed by atoms with Gasteiger partial charge in [-0.05, 0) is 37.3 Å². The summed E-state index contributed by atoms with van der Waals surface area (Å²) >= 11 is 1.91. The van der Waals surface area contributed by atoms with Crippen molar-refractivity contribution < 1.29 is 4.74 Å². The summed E-state index contributed by atoms with van der Waals surface area (Å²) in [6.07, 6.45) is 6.79. The molecule has 82 valence electrons. The number of ether oxygens (including phenoxy) is 1. The highest BCUT2D eigenvalue weighted by Crippen LogP contribution is 2.05. The molecule has 1 rings (SSSR count). The van der Waals surface area contributed by atoms with Crippen molar-refractivity contribution in [3.05, 3.63) is 11.6 Å². The molecule has 0 radical (unpaired) electrons. The van der Waals surface area contributed by atoms with Crippen LogP contribution in [-0.2, 0) is 4.74 Å². The lowest BCUT2D eigenvalue weighted by Gasteiger charge is -2.17. The lowest BCUT2D eigenvalue weighted by molar-refractivity contribution is 0.148. The molecule has 3 heteroatoms. The molecule has 14 heavy (non-hydrogen) atoms. The van der Waals surface area contributed by atoms with Gasteiger partial charge in [-0.1, -0.05) is 6.08 Å². The number of nitrogens with one attached hydrogen (secondary N) is 1. The Morgan fingerprint density at radius 3 is 3.14 bits per heavy atom. The molecular weight excluding hydrogens is 194 g/mol. The minimum atomic E-state index is 0.616. The van der Waals surface area contributed by atoms with Crippen molar-refractivity contribution in [2.45, 2.75) is 25.8 Å². The van der Waals surface area contributed by atoms with Crippen molar-refractivity contribution in [2.24, 2.45) is 0 Å². The molecule has 1 atom stereocenters. The maximum absolute atomic E-state index is 5.38. The molecule has 2 nitrogen and oxygen atoms in total. The summed E-state index contributed by atoms with van der Waals surface area (Å²) in [4.78, 5) is 0. The second kappa shape index (κ2) is 7.32. The average molecular weight is 215 g/mol. The van der Waals surface area contributed by atoms with E-state index >= 15 is 0 Å². The first-order valence-corrected chi connectivity index (χ1v) is 6.70. The van der Waals surface area contributed by atoms with Crippen LogP contribution in [0.25, 0.3) is 0 Å². The van der Waals surface area contributed by atoms with E-state index in [1.54, 1.807) is 0 Å². The molecule has 0 saturated heterocycles. The number of hydrogen-bond donors (Lipinski definition) is 1. The number of rotatable bonds is 6. The van der Waals surface area contributed by atoms with Gasteiger partial charge < -0.3 is 10.1 Å². The normalized spacial score (nSPS) is 19.1. The highest BCUT2D eigenvalue weighted by atomic mass is 32.2. The van der Waals surface area contributed by atoms with Crippen LogP contribution in [0.2, 0.25) is 0 Å². The zero-order valence-electron chi connectivity index (χ0n) is 9.21. The molecule has 0 amide bonds. The third-order valence-corrected chi connectivity index (χ3v) is 3.06. The number of thioether (sulfide) groups is 1. The van der Waals surface area contributed by atoms with Crippen LogP contribution in [0.4, 0.5) is 0 Å². The molecule has 0 bridgehead atoms. The third-order valence-electron chi connectivity index (χ3n) is 2.42. The lowest BCUT2D eigenvalue weighted by atomic mass is 10.2. The van der Waals surface area contributed by atoms with E-state index < -0.39 is 0 Å². The largest absolute Gasteiger partial charge is 0.377 e. The molecule has 1 aliphatic rings. The van der Waals surface area contributed by atoms with Crippen LogP contribution in [0, 0.1) is 0 Å². The minimum absolute atomic E-state index is 0.616. The van der Waals surface area contributed by atoms with Crippen molar-refractivity contribution in [1.82, 2.24) is 5.32 Å². The van der Waals surface area contributed by atoms with Crippen LogP contribution in [0.15, 0.2) is 11.6 Å². The molecular formula is C11H21NOS. The van der Waals surface area contributed by atoms with Gasteiger partial charge in [-0.2, -0.15) is 11.8 Å². The Morgan fingerprint density at radius 1 is 1.64 bits per heavy atom. The fourth-order valence-corrected chi connectivity index (χ4v) is 2.02. The fraction of sp³-hybridized carbons (Fsp3) is 0.818. The SMILES string of the molecule is CSCCC(C)NCC1=CCCOC1. The molecule has 0 aromatic carbocycles. The first-order valence-electron chi connectivity index (χ1n) is 5.31. The van der Waals surface area contributed by atoms with E-state index in [9.17, 15) is 0 Å². The van der Waals surface area contributed by atoms with Gasteiger partial charge in [0, 0.05) is 12.6 Å². The zero-order chi connectivity index (χ0) is 10.2. The van der Waals surface area contributed by atoms with E-state index in [0.29, 0.717) is 6.04 Å². The molecule has 0 saturated carbocycles. The van der Waals surface area contributed by atoms with E-state index in [4.69, 9.17) is 4.74 Å². The second-order valence-electron chi connectivity index (χ2n) is 3.77. The maximum Gasteiger partial charge on any atom is 0.0689 e. The highest BCUT2D eigenvalue weighted by molar-refractivity contribution is 7.98. The highest BCUT2D eigenvalue weighted by Gasteiger charge is 2.05. The van der Waals surface area contributed by atoms with Crippen LogP contribution in [-0.4, -0.2) is 37.8 Å². The van der Waals surface area contributed by atoms with Gasteiger partial charge >= 0.3 is 0 Å². The van der Waals surface area contributed by atoms with Gasteiger partial charge in [0.05, 0.1) is 13.2 Å². The monoisotopic (exact) mass is 215 g/mol. The molecule has 0 aromatic heterocycles. The Morgan fingerprint density at radius 2 is 2.50 bits per heavy atom. The quantitative estimate of drug-likeness (QED) is 0.685. The molecule has 1 unspecified atom stereocenters. The van der Waals surface area contributed by atoms with Crippen LogP contribution in [0.1, 0.15) is 19.8 Å². The van der Waals surface area contributed by atoms with E-state index in [1.165, 1.54) is 17.7 Å². The van der Waals surface area contributed by atoms with Crippen LogP contribution < -0.4 is 5.32 Å². The van der Waals surface area contributed by atoms with Gasteiger partial charge in [-0.15, -0.1) is 0 Å². The second-order valence-corrected chi connectivity index (χ2v) is 4.75. The summed E-state index contributed by atoms with van der Waals surface area (Å²) in [6.45, 7) is 4.96. The first kappa shape index (κ1) is 12.1. The Bertz CT molecular complexity index is 182. The molecule has 0 fully saturated rings. The van der Waals surface area contributed by atoms with Gasteiger partial charge in [0.15, 0.2) is 0 Å². The van der Waals surface area contributed by atoms with Gasteiger partial charge in [0.1, 0.15) is 0 Å². The first-order chi connectivity index (χ1) is 6.83. The van der Waals surface area contributed by atoms with E-state index in [0.717, 1.165) is 26.2 Å². The molecule has 1 aliphatic heterocycles. The summed E-state index contributed by atoms with van der Waals surface area (Å²) in [5.74, 6) is 1.24. The zero-order valence-corrected chi connectivity index (χ0v) is 10.0. The molecule has 0 aliphatic carbocycles. The third kappa shape index (κ3) is 5.03. The summed E-state index contributed by atoms with van der Waals surface area (Å²) < 4.78 is 5.38. The van der Waals surface area contributed by atoms with Crippen LogP contribution in [0.3, 0.4) is 0 Å². The molecule has 0 aromatic rings. The van der Waals surface area contributed by atoms with Crippen LogP contribution >= 0.6 is 11.8 Å². The fourth-order valence-electron chi connectivity index (χ4n) is 1.43. The van der Waals surface area contributed by atoms with Gasteiger partial charge in [-0.25, -0.2) is 0 Å². The van der Waals surface area contributed by atoms with E-state index in [1.807, 2.05) is 11.8 Å². The van der Waals surface area contributed by atoms with Crippen molar-refractivity contribution in [3.8, 4) is 0 Å². The smallest absolute Gasteiger partial charge is 0.0689 e. The standard InChI is InChI=1S/C11H21NOS/c1-10(5-7-14-2)12-8-11-4-3-6-13-9-11/h4,10,12H,3,5-9H2,1-2H3. The topological polar surface area (TPSA) is 21.3 Å². The summed E-state index contributed by atoms with van der Waals surface area (Å²) in [5, 5.41) is 3.53. The molecule has 1 N–H and O–H groups in total. The predicted octanol–water partition coefficient (Wildman–Crippen LogP) is 2.06. The Hall–Kier alpha value is 0.01000. The van der Waals surface area contributed by atoms with Crippen molar-refractivity contribution in [1.29, 1.82) is 0 Å². The van der Waals surface area contributed by atoms with E-state index in [-0.39, 0.29) is 0 Å². The lowest BCUT2D eigenvalue weighted by Crippen LogP contribution is -2.30. The van der Waals surface area contributed by atoms with Crippen molar-refractivity contribution >= 4 is 11.8 Å². The number of hydrogen-bond acceptors (Lipinski definition) is 3. The molecule has 0 spiro atoms. The predicted molar refractivity (Wildman–Crippen MR) is 64.0 cm³/mol. The van der Waals surface area contributed by atoms with Crippen molar-refractivity contribution in [2.75, 3.05) is 31.8 Å². The summed E-state index contributed by atoms with van der Waals surface area (Å²) in [5.41, 5.74) is 1.41. The summed E-state index contributed by atoms with van der Waals surface area (Å²) in [7, 11) is 0. The Balaban J connectivity index is 2.09. The Labute approximate surface area is 91.5 Å². The van der Waals surface area contributed by atoms with Gasteiger partial charge in [0.25, 0.3) is 0 Å². The van der Waals surface area contributed by atoms with E-state index in [2.05, 4.69) is 24.6 Å². The minimum Gasteiger partial charge on any atom is -0.377 e. The Kier molecular flexibility index (Phi) is 6.32. The average Bonchev–Trinajstić information content (AvgIpc) is 2.25. The summed E-state index contributed by atoms with van der Waals surface area (Å²) in [6, 6.07) is 0.616. The van der Waals surface area contributed by atoms with Gasteiger partial charge in [0.2, 0.25) is 0 Å². The van der Waals surface area contributed by atoms with Crippen LogP contribution in [0.5, 0.6) is 0 Å². The van der Waals surface area contributed by atoms with Crippen molar-refractivity contribution in [3.63, 3.8) is 0 Å². The molecule has 1 heterocycles.